The summed E-state index contributed by atoms with van der Waals surface area (Å²) in [5, 5.41) is 0.296. The van der Waals surface area contributed by atoms with Crippen molar-refractivity contribution in [1.82, 2.24) is 0 Å². The van der Waals surface area contributed by atoms with Crippen LogP contribution in [0.25, 0.3) is 0 Å². The van der Waals surface area contributed by atoms with Crippen molar-refractivity contribution in [2.45, 2.75) is 275 Å². The lowest BCUT2D eigenvalue weighted by Crippen LogP contribution is -2.41. The van der Waals surface area contributed by atoms with Gasteiger partial charge in [0.05, 0.1) is 22.3 Å². The van der Waals surface area contributed by atoms with E-state index in [2.05, 4.69) is 422 Å². The molecule has 0 N–H and O–H groups in total. The number of benzene rings is 4. The van der Waals surface area contributed by atoms with Crippen LogP contribution in [0.5, 0.6) is 0 Å². The predicted octanol–water partition coefficient (Wildman–Crippen LogP) is 24.1. The molecule has 4 aromatic rings. The SMILES string of the molecule is CC(C)C(C)(C)[Si](C)(C)C#Cc1ccccc1C#Cc1c(C#C[Si](C)(C)C(C)(C)C(C)C)ccc(C#C[Si](C)(C)C(C)(C)C(C)C)c1C#Cc1c(C#C[Si](C)(C)C(C)(C)C(C)C)ccc(C#C[Si](C)(C)C(C)(C)C(C)C)c1C#Cc1ccccc1C#C[Si](C)(C)C(C)(C)C(C)C. The number of hydrogen-bond acceptors (Lipinski definition) is 0. The Morgan fingerprint density at radius 2 is 0.333 bits per heavy atom. The Bertz CT molecular complexity index is 3870. The van der Waals surface area contributed by atoms with Crippen LogP contribution < -0.4 is 0 Å². The van der Waals surface area contributed by atoms with E-state index in [4.69, 9.17) is 0 Å². The molecule has 0 fully saturated rings. The van der Waals surface area contributed by atoms with Gasteiger partial charge < -0.3 is 0 Å². The fraction of sp³-hybridized carbons (Fsp3) is 0.533. The van der Waals surface area contributed by atoms with E-state index >= 15 is 0 Å². The van der Waals surface area contributed by atoms with Gasteiger partial charge in [-0.05, 0) is 114 Å². The fourth-order valence-electron chi connectivity index (χ4n) is 10.6. The Balaban J connectivity index is 2.54. The van der Waals surface area contributed by atoms with Crippen molar-refractivity contribution in [2.24, 2.45) is 35.5 Å². The van der Waals surface area contributed by atoms with Crippen LogP contribution in [0.2, 0.25) is 109 Å². The average molecular weight is 1380 g/mol. The van der Waals surface area contributed by atoms with E-state index in [1.165, 1.54) is 0 Å². The Morgan fingerprint density at radius 3 is 0.490 bits per heavy atom. The first-order valence-electron chi connectivity index (χ1n) is 35.9. The minimum absolute atomic E-state index is 0.0184. The zero-order valence-corrected chi connectivity index (χ0v) is 73.4. The van der Waals surface area contributed by atoms with Gasteiger partial charge in [0.1, 0.15) is 48.4 Å². The predicted molar refractivity (Wildman–Crippen MR) is 443 cm³/mol. The molecule has 0 saturated heterocycles. The van der Waals surface area contributed by atoms with Crippen molar-refractivity contribution in [3.8, 4) is 104 Å². The van der Waals surface area contributed by atoms with Crippen LogP contribution in [0.4, 0.5) is 0 Å². The second kappa shape index (κ2) is 30.8. The lowest BCUT2D eigenvalue weighted by molar-refractivity contribution is 0.462. The van der Waals surface area contributed by atoms with Crippen molar-refractivity contribution < 1.29 is 0 Å². The van der Waals surface area contributed by atoms with Crippen molar-refractivity contribution in [3.63, 3.8) is 0 Å². The molecule has 0 aliphatic heterocycles. The third-order valence-electron chi connectivity index (χ3n) is 26.6. The highest BCUT2D eigenvalue weighted by molar-refractivity contribution is 6.90. The van der Waals surface area contributed by atoms with E-state index in [1.807, 2.05) is 0 Å². The third kappa shape index (κ3) is 18.4. The van der Waals surface area contributed by atoms with Crippen LogP contribution in [0.15, 0.2) is 72.8 Å². The Hall–Kier alpha value is -5.78. The molecule has 0 atom stereocenters. The summed E-state index contributed by atoms with van der Waals surface area (Å²) in [5.41, 5.74) is 33.7. The van der Waals surface area contributed by atoms with Crippen LogP contribution >= 0.6 is 0 Å². The van der Waals surface area contributed by atoms with E-state index < -0.39 is 48.4 Å². The molecule has 0 aromatic heterocycles. The molecule has 0 saturated carbocycles. The molecule has 0 nitrogen and oxygen atoms in total. The molecule has 96 heavy (non-hydrogen) atoms. The molecule has 4 rings (SSSR count). The first-order chi connectivity index (χ1) is 43.6. The van der Waals surface area contributed by atoms with Crippen LogP contribution in [-0.2, 0) is 0 Å². The first-order valence-corrected chi connectivity index (χ1v) is 53.9. The largest absolute Gasteiger partial charge is 0.138 e. The second-order valence-electron chi connectivity index (χ2n) is 36.2. The second-order valence-corrected chi connectivity index (χ2v) is 64.9. The van der Waals surface area contributed by atoms with Gasteiger partial charge in [0.2, 0.25) is 0 Å². The smallest absolute Gasteiger partial charge is 0.126 e. The number of rotatable bonds is 12. The molecule has 0 heterocycles. The molecular weight excluding hydrogens is 1250 g/mol. The average Bonchev–Trinajstić information content (AvgIpc) is 0.790. The summed E-state index contributed by atoms with van der Waals surface area (Å²) in [6.07, 6.45) is 0. The highest BCUT2D eigenvalue weighted by Crippen LogP contribution is 2.48. The lowest BCUT2D eigenvalue weighted by Gasteiger charge is -2.39. The number of hydrogen-bond donors (Lipinski definition) is 0. The van der Waals surface area contributed by atoms with E-state index in [9.17, 15) is 0 Å². The molecule has 0 radical (unpaired) electrons. The highest BCUT2D eigenvalue weighted by Gasteiger charge is 2.45. The standard InChI is InChI=1S/C90H126Si6/c1-67(2)85(13,14)91(25,26)61-55-75-43-39-37-41-73(75)49-51-81-77(57-63-93(29,30)87(17,18)69(5)6)45-47-79(59-65-95(33,34)89(21,22)71(9)10)83(81)53-54-84-80(60-66-96(35,36)90(23,24)72(11)12)48-46-78(58-64-94(31,32)88(19,20)70(7)8)82(84)52-50-74-42-38-40-44-76(74)56-62-92(27,28)86(15,16)68(3)4/h37-48,67-72H,1-36H3. The van der Waals surface area contributed by atoms with Crippen LogP contribution in [0.1, 0.15) is 233 Å². The van der Waals surface area contributed by atoms with Gasteiger partial charge in [0.15, 0.2) is 0 Å². The maximum Gasteiger partial charge on any atom is 0.138 e. The molecule has 0 aliphatic carbocycles. The van der Waals surface area contributed by atoms with Gasteiger partial charge >= 0.3 is 0 Å². The molecule has 0 aliphatic rings. The Labute approximate surface area is 598 Å². The maximum absolute atomic E-state index is 3.99. The molecule has 4 aromatic carbocycles. The summed E-state index contributed by atoms with van der Waals surface area (Å²) in [6.45, 7) is 85.6. The van der Waals surface area contributed by atoms with Crippen LogP contribution in [0.3, 0.4) is 0 Å². The van der Waals surface area contributed by atoms with E-state index in [0.717, 1.165) is 66.8 Å². The van der Waals surface area contributed by atoms with Crippen molar-refractivity contribution in [1.29, 1.82) is 0 Å². The summed E-state index contributed by atoms with van der Waals surface area (Å²) in [4.78, 5) is 0. The highest BCUT2D eigenvalue weighted by atomic mass is 28.3. The third-order valence-corrected chi connectivity index (χ3v) is 53.9. The molecule has 0 amide bonds. The van der Waals surface area contributed by atoms with Gasteiger partial charge in [-0.15, -0.1) is 33.3 Å². The van der Waals surface area contributed by atoms with Crippen LogP contribution in [0, 0.1) is 140 Å². The van der Waals surface area contributed by atoms with Gasteiger partial charge in [0, 0.05) is 44.5 Å². The molecular formula is C90H126Si6. The normalized spacial score (nSPS) is 12.8. The maximum atomic E-state index is 3.99. The summed E-state index contributed by atoms with van der Waals surface area (Å²) in [6, 6.07) is 25.5. The molecule has 6 heteroatoms. The van der Waals surface area contributed by atoms with E-state index in [1.54, 1.807) is 0 Å². The molecule has 0 unspecified atom stereocenters. The molecule has 0 spiro atoms. The minimum atomic E-state index is -2.25. The van der Waals surface area contributed by atoms with Gasteiger partial charge in [0.25, 0.3) is 0 Å². The van der Waals surface area contributed by atoms with Gasteiger partial charge in [-0.3, -0.25) is 0 Å². The monoisotopic (exact) mass is 1370 g/mol. The van der Waals surface area contributed by atoms with Gasteiger partial charge in [-0.2, -0.15) is 0 Å². The van der Waals surface area contributed by atoms with Crippen molar-refractivity contribution in [3.05, 3.63) is 140 Å². The minimum Gasteiger partial charge on any atom is -0.126 e. The lowest BCUT2D eigenvalue weighted by atomic mass is 9.93. The Morgan fingerprint density at radius 1 is 0.198 bits per heavy atom. The first kappa shape index (κ1) is 82.6. The summed E-state index contributed by atoms with van der Waals surface area (Å²) < 4.78 is 0. The summed E-state index contributed by atoms with van der Waals surface area (Å²) in [7, 11) is -13.1. The van der Waals surface area contributed by atoms with Crippen molar-refractivity contribution in [2.75, 3.05) is 0 Å². The topological polar surface area (TPSA) is 0 Å². The zero-order chi connectivity index (χ0) is 73.6. The zero-order valence-electron chi connectivity index (χ0n) is 67.4. The van der Waals surface area contributed by atoms with Crippen LogP contribution in [-0.4, -0.2) is 48.4 Å². The molecule has 0 bridgehead atoms. The fourth-order valence-corrected chi connectivity index (χ4v) is 23.8. The summed E-state index contributed by atoms with van der Waals surface area (Å²) >= 11 is 0. The van der Waals surface area contributed by atoms with Gasteiger partial charge in [-0.1, -0.05) is 340 Å². The van der Waals surface area contributed by atoms with Crippen molar-refractivity contribution >= 4 is 48.4 Å². The van der Waals surface area contributed by atoms with E-state index in [0.29, 0.717) is 35.5 Å². The Kier molecular flexibility index (Phi) is 26.5. The summed E-state index contributed by atoms with van der Waals surface area (Å²) in [5.74, 6) is 48.7. The van der Waals surface area contributed by atoms with E-state index in [-0.39, 0.29) is 30.2 Å². The quantitative estimate of drug-likeness (QED) is 0.0980. The van der Waals surface area contributed by atoms with Gasteiger partial charge in [-0.25, -0.2) is 0 Å². The molecule has 510 valence electrons.